The van der Waals surface area contributed by atoms with Gasteiger partial charge in [-0.2, -0.15) is 0 Å². The summed E-state index contributed by atoms with van der Waals surface area (Å²) in [6, 6.07) is 6.09. The molecule has 3 N–H and O–H groups in total. The van der Waals surface area contributed by atoms with E-state index in [4.69, 9.17) is 10.5 Å². The summed E-state index contributed by atoms with van der Waals surface area (Å²) in [5.41, 5.74) is 5.35. The Balaban J connectivity index is 2.37. The van der Waals surface area contributed by atoms with Crippen LogP contribution in [0.25, 0.3) is 5.69 Å². The smallest absolute Gasteiger partial charge is 0.345 e. The van der Waals surface area contributed by atoms with E-state index in [-0.39, 0.29) is 12.2 Å². The fourth-order valence-electron chi connectivity index (χ4n) is 1.69. The third-order valence-electron chi connectivity index (χ3n) is 2.68. The Morgan fingerprint density at radius 2 is 1.95 bits per heavy atom. The number of hydrogen-bond acceptors (Lipinski definition) is 4. The molecule has 0 saturated carbocycles. The number of ether oxygens (including phenoxy) is 1. The number of benzene rings is 1. The van der Waals surface area contributed by atoms with Crippen molar-refractivity contribution < 1.29 is 14.3 Å². The van der Waals surface area contributed by atoms with Crippen LogP contribution in [-0.2, 0) is 4.74 Å². The van der Waals surface area contributed by atoms with Crippen LogP contribution in [0.5, 0.6) is 0 Å². The Kier molecular flexibility index (Phi) is 3.69. The number of rotatable bonds is 4. The van der Waals surface area contributed by atoms with Gasteiger partial charge in [-0.15, -0.1) is 0 Å². The van der Waals surface area contributed by atoms with Crippen molar-refractivity contribution in [1.82, 2.24) is 9.78 Å². The number of nitrogens with two attached hydrogens (primary N) is 1. The van der Waals surface area contributed by atoms with Crippen LogP contribution in [0.15, 0.2) is 35.3 Å². The van der Waals surface area contributed by atoms with Crippen molar-refractivity contribution in [2.75, 3.05) is 6.61 Å². The molecule has 0 atom stereocenters. The number of primary amides is 1. The zero-order valence-electron chi connectivity index (χ0n) is 10.8. The molecule has 104 valence electrons. The van der Waals surface area contributed by atoms with Crippen molar-refractivity contribution in [1.29, 1.82) is 0 Å². The van der Waals surface area contributed by atoms with Gasteiger partial charge in [-0.3, -0.25) is 14.7 Å². The molecule has 1 aromatic heterocycles. The van der Waals surface area contributed by atoms with Crippen LogP contribution >= 0.6 is 0 Å². The highest BCUT2D eigenvalue weighted by Crippen LogP contribution is 2.07. The van der Waals surface area contributed by atoms with E-state index in [1.807, 2.05) is 0 Å². The maximum Gasteiger partial charge on any atom is 0.345 e. The topological polar surface area (TPSA) is 107 Å². The first kappa shape index (κ1) is 13.6. The Morgan fingerprint density at radius 1 is 1.30 bits per heavy atom. The Bertz CT molecular complexity index is 697. The highest BCUT2D eigenvalue weighted by Gasteiger charge is 2.16. The number of esters is 1. The fraction of sp³-hybridized carbons (Fsp3) is 0.154. The minimum atomic E-state index is -0.679. The molecular formula is C13H13N3O4. The van der Waals surface area contributed by atoms with Crippen LogP contribution in [-0.4, -0.2) is 28.3 Å². The lowest BCUT2D eigenvalue weighted by Gasteiger charge is -2.02. The molecule has 1 aromatic carbocycles. The van der Waals surface area contributed by atoms with E-state index < -0.39 is 17.4 Å². The molecule has 0 aliphatic heterocycles. The molecule has 0 saturated heterocycles. The zero-order valence-corrected chi connectivity index (χ0v) is 10.8. The van der Waals surface area contributed by atoms with Crippen molar-refractivity contribution in [2.24, 2.45) is 5.73 Å². The van der Waals surface area contributed by atoms with Gasteiger partial charge < -0.3 is 10.5 Å². The first-order valence-electron chi connectivity index (χ1n) is 5.92. The monoisotopic (exact) mass is 275 g/mol. The van der Waals surface area contributed by atoms with Gasteiger partial charge in [0.1, 0.15) is 5.56 Å². The molecule has 0 radical (unpaired) electrons. The fourth-order valence-corrected chi connectivity index (χ4v) is 1.69. The molecular weight excluding hydrogens is 262 g/mol. The predicted octanol–water partition coefficient (Wildman–Crippen LogP) is 0.441. The van der Waals surface area contributed by atoms with Crippen molar-refractivity contribution in [3.05, 3.63) is 51.9 Å². The van der Waals surface area contributed by atoms with Gasteiger partial charge in [0, 0.05) is 11.8 Å². The highest BCUT2D eigenvalue weighted by atomic mass is 16.5. The van der Waals surface area contributed by atoms with Gasteiger partial charge >= 0.3 is 5.97 Å². The maximum absolute atomic E-state index is 12.0. The van der Waals surface area contributed by atoms with E-state index in [0.717, 1.165) is 0 Å². The third-order valence-corrected chi connectivity index (χ3v) is 2.68. The van der Waals surface area contributed by atoms with E-state index in [1.54, 1.807) is 19.1 Å². The van der Waals surface area contributed by atoms with Crippen LogP contribution in [0, 0.1) is 0 Å². The summed E-state index contributed by atoms with van der Waals surface area (Å²) in [6.07, 6.45) is 1.28. The van der Waals surface area contributed by atoms with Gasteiger partial charge in [0.25, 0.3) is 5.56 Å². The van der Waals surface area contributed by atoms with Gasteiger partial charge in [-0.25, -0.2) is 9.48 Å². The Labute approximate surface area is 113 Å². The van der Waals surface area contributed by atoms with Gasteiger partial charge in [-0.1, -0.05) is 0 Å². The summed E-state index contributed by atoms with van der Waals surface area (Å²) in [4.78, 5) is 34.5. The molecule has 0 aliphatic rings. The van der Waals surface area contributed by atoms with Crippen molar-refractivity contribution in [3.63, 3.8) is 0 Å². The molecule has 7 nitrogen and oxygen atoms in total. The molecule has 0 bridgehead atoms. The molecule has 0 unspecified atom stereocenters. The normalized spacial score (nSPS) is 10.2. The van der Waals surface area contributed by atoms with Crippen LogP contribution in [0.4, 0.5) is 0 Å². The van der Waals surface area contributed by atoms with E-state index >= 15 is 0 Å². The first-order valence-corrected chi connectivity index (χ1v) is 5.92. The SMILES string of the molecule is CCOC(=O)c1c[nH]n(-c2ccc(C(N)=O)cc2)c1=O. The number of amides is 1. The number of hydrogen-bond donors (Lipinski definition) is 2. The average Bonchev–Trinajstić information content (AvgIpc) is 2.81. The van der Waals surface area contributed by atoms with E-state index in [1.165, 1.54) is 23.0 Å². The van der Waals surface area contributed by atoms with E-state index in [9.17, 15) is 14.4 Å². The second-order valence-corrected chi connectivity index (χ2v) is 3.96. The second-order valence-electron chi connectivity index (χ2n) is 3.96. The number of carbonyl (C=O) groups is 2. The van der Waals surface area contributed by atoms with Crippen molar-refractivity contribution in [3.8, 4) is 5.69 Å². The summed E-state index contributed by atoms with van der Waals surface area (Å²) in [7, 11) is 0. The summed E-state index contributed by atoms with van der Waals surface area (Å²) >= 11 is 0. The minimum absolute atomic E-state index is 0.0779. The molecule has 20 heavy (non-hydrogen) atoms. The van der Waals surface area contributed by atoms with E-state index in [0.29, 0.717) is 11.3 Å². The molecule has 0 fully saturated rings. The minimum Gasteiger partial charge on any atom is -0.462 e. The zero-order chi connectivity index (χ0) is 14.7. The number of aromatic amines is 1. The Morgan fingerprint density at radius 3 is 2.50 bits per heavy atom. The second kappa shape index (κ2) is 5.43. The molecule has 1 amide bonds. The maximum atomic E-state index is 12.0. The summed E-state index contributed by atoms with van der Waals surface area (Å²) in [5.74, 6) is -1.23. The van der Waals surface area contributed by atoms with Crippen LogP contribution in [0.2, 0.25) is 0 Å². The number of carbonyl (C=O) groups excluding carboxylic acids is 2. The van der Waals surface area contributed by atoms with Gasteiger partial charge in [0.15, 0.2) is 0 Å². The van der Waals surface area contributed by atoms with Crippen LogP contribution < -0.4 is 11.3 Å². The first-order chi connectivity index (χ1) is 9.54. The summed E-state index contributed by atoms with van der Waals surface area (Å²) in [5, 5.41) is 2.67. The quantitative estimate of drug-likeness (QED) is 0.789. The number of nitrogens with one attached hydrogen (secondary N) is 1. The molecule has 2 rings (SSSR count). The Hall–Kier alpha value is -2.83. The van der Waals surface area contributed by atoms with Gasteiger partial charge in [0.2, 0.25) is 5.91 Å². The van der Waals surface area contributed by atoms with Crippen molar-refractivity contribution >= 4 is 11.9 Å². The number of aromatic nitrogens is 2. The molecule has 2 aromatic rings. The summed E-state index contributed by atoms with van der Waals surface area (Å²) in [6.45, 7) is 1.85. The average molecular weight is 275 g/mol. The number of nitrogens with zero attached hydrogens (tertiary/aromatic N) is 1. The highest BCUT2D eigenvalue weighted by molar-refractivity contribution is 5.93. The molecule has 0 aliphatic carbocycles. The van der Waals surface area contributed by atoms with Gasteiger partial charge in [0.05, 0.1) is 12.3 Å². The van der Waals surface area contributed by atoms with E-state index in [2.05, 4.69) is 5.10 Å². The standard InChI is InChI=1S/C13H13N3O4/c1-2-20-13(19)10-7-15-16(12(10)18)9-5-3-8(4-6-9)11(14)17/h3-7,15H,2H2,1H3,(H2,14,17). The molecule has 1 heterocycles. The largest absolute Gasteiger partial charge is 0.462 e. The number of H-pyrrole nitrogens is 1. The van der Waals surface area contributed by atoms with Gasteiger partial charge in [-0.05, 0) is 31.2 Å². The lowest BCUT2D eigenvalue weighted by Crippen LogP contribution is -2.21. The lowest BCUT2D eigenvalue weighted by molar-refractivity contribution is 0.0524. The molecule has 7 heteroatoms. The summed E-state index contributed by atoms with van der Waals surface area (Å²) < 4.78 is 5.95. The molecule has 0 spiro atoms. The lowest BCUT2D eigenvalue weighted by atomic mass is 10.2. The van der Waals surface area contributed by atoms with Crippen LogP contribution in [0.1, 0.15) is 27.6 Å². The van der Waals surface area contributed by atoms with Crippen LogP contribution in [0.3, 0.4) is 0 Å². The third kappa shape index (κ3) is 2.46. The predicted molar refractivity (Wildman–Crippen MR) is 70.9 cm³/mol. The van der Waals surface area contributed by atoms with Crippen molar-refractivity contribution in [2.45, 2.75) is 6.92 Å².